The smallest absolute Gasteiger partial charge is 0.223 e. The van der Waals surface area contributed by atoms with Gasteiger partial charge in [0, 0.05) is 19.5 Å². The minimum atomic E-state index is 0.246. The van der Waals surface area contributed by atoms with Crippen LogP contribution in [0.25, 0.3) is 0 Å². The van der Waals surface area contributed by atoms with Gasteiger partial charge in [0.15, 0.2) is 0 Å². The number of rotatable bonds is 3. The molecule has 0 aromatic carbocycles. The van der Waals surface area contributed by atoms with Crippen LogP contribution >= 0.6 is 0 Å². The maximum atomic E-state index is 11.8. The van der Waals surface area contributed by atoms with E-state index in [1.165, 1.54) is 5.57 Å². The number of amides is 1. The lowest BCUT2D eigenvalue weighted by atomic mass is 10.1. The maximum Gasteiger partial charge on any atom is 0.223 e. The molecule has 3 nitrogen and oxygen atoms in total. The van der Waals surface area contributed by atoms with Crippen LogP contribution in [0.3, 0.4) is 0 Å². The van der Waals surface area contributed by atoms with Gasteiger partial charge in [-0.25, -0.2) is 0 Å². The normalized spacial score (nSPS) is 19.1. The summed E-state index contributed by atoms with van der Waals surface area (Å²) in [6, 6.07) is 0. The molecule has 0 saturated carbocycles. The second-order valence-corrected chi connectivity index (χ2v) is 4.20. The van der Waals surface area contributed by atoms with Crippen LogP contribution in [0.5, 0.6) is 0 Å². The summed E-state index contributed by atoms with van der Waals surface area (Å²) in [7, 11) is 0. The summed E-state index contributed by atoms with van der Waals surface area (Å²) in [5.74, 6) is 0.545. The average molecular weight is 196 g/mol. The molecular formula is C11H20N2O. The van der Waals surface area contributed by atoms with E-state index in [0.29, 0.717) is 18.9 Å². The fourth-order valence-corrected chi connectivity index (χ4v) is 1.63. The van der Waals surface area contributed by atoms with Crippen LogP contribution in [0.15, 0.2) is 11.6 Å². The van der Waals surface area contributed by atoms with Crippen molar-refractivity contribution in [2.45, 2.75) is 26.7 Å². The van der Waals surface area contributed by atoms with Gasteiger partial charge in [0.05, 0.1) is 0 Å². The van der Waals surface area contributed by atoms with Gasteiger partial charge in [-0.05, 0) is 25.8 Å². The zero-order valence-corrected chi connectivity index (χ0v) is 9.12. The Balaban J connectivity index is 2.42. The van der Waals surface area contributed by atoms with Gasteiger partial charge in [0.1, 0.15) is 0 Å². The van der Waals surface area contributed by atoms with E-state index in [-0.39, 0.29) is 5.91 Å². The molecule has 14 heavy (non-hydrogen) atoms. The van der Waals surface area contributed by atoms with E-state index in [1.54, 1.807) is 0 Å². The topological polar surface area (TPSA) is 46.3 Å². The van der Waals surface area contributed by atoms with Crippen molar-refractivity contribution < 1.29 is 4.79 Å². The van der Waals surface area contributed by atoms with Gasteiger partial charge in [0.25, 0.3) is 0 Å². The Hall–Kier alpha value is -0.830. The fraction of sp³-hybridized carbons (Fsp3) is 0.727. The summed E-state index contributed by atoms with van der Waals surface area (Å²) < 4.78 is 0. The van der Waals surface area contributed by atoms with Crippen LogP contribution in [0.1, 0.15) is 26.7 Å². The number of nitrogens with two attached hydrogens (primary N) is 1. The van der Waals surface area contributed by atoms with Crippen molar-refractivity contribution in [3.63, 3.8) is 0 Å². The molecule has 1 aliphatic heterocycles. The van der Waals surface area contributed by atoms with E-state index in [2.05, 4.69) is 13.0 Å². The van der Waals surface area contributed by atoms with Crippen LogP contribution in [0, 0.1) is 5.92 Å². The summed E-state index contributed by atoms with van der Waals surface area (Å²) in [4.78, 5) is 13.7. The molecule has 0 bridgehead atoms. The standard InChI is InChI=1S/C11H20N2O/c1-9-4-3-5-13(8-9)11(14)6-10(2)7-12/h4,10H,3,5-8,12H2,1-2H3. The van der Waals surface area contributed by atoms with Gasteiger partial charge >= 0.3 is 0 Å². The molecule has 1 aliphatic rings. The minimum absolute atomic E-state index is 0.246. The molecule has 0 aromatic heterocycles. The van der Waals surface area contributed by atoms with Crippen LogP contribution in [0.2, 0.25) is 0 Å². The predicted octanol–water partition coefficient (Wildman–Crippen LogP) is 1.15. The van der Waals surface area contributed by atoms with E-state index in [1.807, 2.05) is 11.8 Å². The third kappa shape index (κ3) is 3.14. The summed E-state index contributed by atoms with van der Waals surface area (Å²) in [6.07, 6.45) is 3.79. The molecule has 0 spiro atoms. The molecular weight excluding hydrogens is 176 g/mol. The maximum absolute atomic E-state index is 11.8. The van der Waals surface area contributed by atoms with Crippen LogP contribution in [-0.4, -0.2) is 30.4 Å². The number of hydrogen-bond acceptors (Lipinski definition) is 2. The highest BCUT2D eigenvalue weighted by Gasteiger charge is 2.17. The Morgan fingerprint density at radius 1 is 1.71 bits per heavy atom. The lowest BCUT2D eigenvalue weighted by Gasteiger charge is -2.27. The van der Waals surface area contributed by atoms with E-state index >= 15 is 0 Å². The Bertz CT molecular complexity index is 235. The molecule has 0 aliphatic carbocycles. The monoisotopic (exact) mass is 196 g/mol. The zero-order chi connectivity index (χ0) is 10.6. The minimum Gasteiger partial charge on any atom is -0.338 e. The van der Waals surface area contributed by atoms with Gasteiger partial charge in [-0.3, -0.25) is 4.79 Å². The van der Waals surface area contributed by atoms with E-state index in [4.69, 9.17) is 5.73 Å². The summed E-state index contributed by atoms with van der Waals surface area (Å²) >= 11 is 0. The number of nitrogens with zero attached hydrogens (tertiary/aromatic N) is 1. The first-order chi connectivity index (χ1) is 6.63. The Morgan fingerprint density at radius 2 is 2.43 bits per heavy atom. The van der Waals surface area contributed by atoms with Gasteiger partial charge in [-0.1, -0.05) is 18.6 Å². The van der Waals surface area contributed by atoms with Crippen molar-refractivity contribution in [3.8, 4) is 0 Å². The highest BCUT2D eigenvalue weighted by atomic mass is 16.2. The molecule has 1 unspecified atom stereocenters. The first kappa shape index (κ1) is 11.2. The third-order valence-electron chi connectivity index (χ3n) is 2.61. The fourth-order valence-electron chi connectivity index (χ4n) is 1.63. The van der Waals surface area contributed by atoms with Crippen LogP contribution in [-0.2, 0) is 4.79 Å². The average Bonchev–Trinajstić information content (AvgIpc) is 2.17. The Morgan fingerprint density at radius 3 is 3.00 bits per heavy atom. The molecule has 0 saturated heterocycles. The quantitative estimate of drug-likeness (QED) is 0.688. The van der Waals surface area contributed by atoms with Gasteiger partial charge in [-0.15, -0.1) is 0 Å². The number of carbonyl (C=O) groups excluding carboxylic acids is 1. The van der Waals surface area contributed by atoms with Crippen molar-refractivity contribution >= 4 is 5.91 Å². The molecule has 0 aromatic rings. The SMILES string of the molecule is CC1=CCCN(C(=O)CC(C)CN)C1. The lowest BCUT2D eigenvalue weighted by Crippen LogP contribution is -2.36. The predicted molar refractivity (Wildman–Crippen MR) is 57.8 cm³/mol. The van der Waals surface area contributed by atoms with Crippen LogP contribution in [0.4, 0.5) is 0 Å². The molecule has 1 amide bonds. The first-order valence-corrected chi connectivity index (χ1v) is 5.27. The molecule has 1 rings (SSSR count). The molecule has 3 heteroatoms. The Labute approximate surface area is 86.0 Å². The first-order valence-electron chi connectivity index (χ1n) is 5.27. The van der Waals surface area contributed by atoms with Crippen LogP contribution < -0.4 is 5.73 Å². The van der Waals surface area contributed by atoms with Crippen molar-refractivity contribution in [1.82, 2.24) is 4.90 Å². The molecule has 80 valence electrons. The number of carbonyl (C=O) groups is 1. The summed E-state index contributed by atoms with van der Waals surface area (Å²) in [5, 5.41) is 0. The van der Waals surface area contributed by atoms with Crippen molar-refractivity contribution in [2.24, 2.45) is 11.7 Å². The van der Waals surface area contributed by atoms with Gasteiger partial charge in [-0.2, -0.15) is 0 Å². The highest BCUT2D eigenvalue weighted by Crippen LogP contribution is 2.12. The summed E-state index contributed by atoms with van der Waals surface area (Å²) in [5.41, 5.74) is 6.79. The van der Waals surface area contributed by atoms with Gasteiger partial charge in [0.2, 0.25) is 5.91 Å². The van der Waals surface area contributed by atoms with Crippen molar-refractivity contribution in [1.29, 1.82) is 0 Å². The van der Waals surface area contributed by atoms with Crippen molar-refractivity contribution in [2.75, 3.05) is 19.6 Å². The van der Waals surface area contributed by atoms with Gasteiger partial charge < -0.3 is 10.6 Å². The number of hydrogen-bond donors (Lipinski definition) is 1. The largest absolute Gasteiger partial charge is 0.338 e. The van der Waals surface area contributed by atoms with Crippen molar-refractivity contribution in [3.05, 3.63) is 11.6 Å². The van der Waals surface area contributed by atoms with E-state index < -0.39 is 0 Å². The zero-order valence-electron chi connectivity index (χ0n) is 9.12. The third-order valence-corrected chi connectivity index (χ3v) is 2.61. The second kappa shape index (κ2) is 5.15. The second-order valence-electron chi connectivity index (χ2n) is 4.20. The lowest BCUT2D eigenvalue weighted by molar-refractivity contribution is -0.131. The molecule has 0 fully saturated rings. The highest BCUT2D eigenvalue weighted by molar-refractivity contribution is 5.76. The molecule has 2 N–H and O–H groups in total. The molecule has 1 heterocycles. The summed E-state index contributed by atoms with van der Waals surface area (Å²) in [6.45, 7) is 6.36. The molecule has 1 atom stereocenters. The molecule has 0 radical (unpaired) electrons. The van der Waals surface area contributed by atoms with E-state index in [9.17, 15) is 4.79 Å². The Kier molecular flexibility index (Phi) is 4.14. The van der Waals surface area contributed by atoms with E-state index in [0.717, 1.165) is 19.5 Å².